The molecule has 5 nitrogen and oxygen atoms in total. The monoisotopic (exact) mass is 394 g/mol. The minimum atomic E-state index is -3.20. The number of carbonyl (C=O) groups is 1. The molecule has 1 amide bonds. The first-order valence-corrected chi connectivity index (χ1v) is 9.54. The number of halogens is 2. The third-order valence-electron chi connectivity index (χ3n) is 3.33. The number of rotatable bonds is 3. The van der Waals surface area contributed by atoms with Crippen LogP contribution in [0.25, 0.3) is 0 Å². The molecule has 116 valence electrons. The molecule has 0 aliphatic carbocycles. The maximum absolute atomic E-state index is 12.4. The van der Waals surface area contributed by atoms with Crippen LogP contribution in [0.1, 0.15) is 23.2 Å². The summed E-state index contributed by atoms with van der Waals surface area (Å²) in [5.74, 6) is -0.0647. The molecule has 1 heterocycles. The van der Waals surface area contributed by atoms with Crippen LogP contribution in [-0.2, 0) is 10.0 Å². The van der Waals surface area contributed by atoms with Gasteiger partial charge in [0, 0.05) is 29.2 Å². The number of benzene rings is 1. The van der Waals surface area contributed by atoms with E-state index in [0.29, 0.717) is 41.0 Å². The highest BCUT2D eigenvalue weighted by Crippen LogP contribution is 2.24. The zero-order valence-electron chi connectivity index (χ0n) is 11.5. The van der Waals surface area contributed by atoms with E-state index in [1.807, 2.05) is 0 Å². The smallest absolute Gasteiger partial charge is 0.253 e. The number of carbonyl (C=O) groups excluding carboxylic acids is 1. The van der Waals surface area contributed by atoms with Crippen molar-refractivity contribution in [1.29, 1.82) is 0 Å². The lowest BCUT2D eigenvalue weighted by atomic mass is 10.0. The summed E-state index contributed by atoms with van der Waals surface area (Å²) in [6.45, 7) is 1.07. The number of hydrogen-bond acceptors (Lipinski definition) is 3. The van der Waals surface area contributed by atoms with Crippen molar-refractivity contribution in [3.63, 3.8) is 0 Å². The third-order valence-corrected chi connectivity index (χ3v) is 5.30. The van der Waals surface area contributed by atoms with Gasteiger partial charge in [0.2, 0.25) is 10.0 Å². The van der Waals surface area contributed by atoms with Gasteiger partial charge in [-0.25, -0.2) is 13.1 Å². The largest absolute Gasteiger partial charge is 0.339 e. The zero-order chi connectivity index (χ0) is 15.6. The number of piperidine rings is 1. The van der Waals surface area contributed by atoms with Gasteiger partial charge >= 0.3 is 0 Å². The van der Waals surface area contributed by atoms with Crippen molar-refractivity contribution in [2.75, 3.05) is 19.3 Å². The van der Waals surface area contributed by atoms with E-state index in [0.717, 1.165) is 6.26 Å². The fourth-order valence-electron chi connectivity index (χ4n) is 2.31. The minimum absolute atomic E-state index is 0.0647. The Kier molecular flexibility index (Phi) is 5.29. The lowest BCUT2D eigenvalue weighted by Crippen LogP contribution is -2.46. The van der Waals surface area contributed by atoms with E-state index >= 15 is 0 Å². The third kappa shape index (κ3) is 4.67. The summed E-state index contributed by atoms with van der Waals surface area (Å²) in [4.78, 5) is 14.1. The number of nitrogens with zero attached hydrogens (tertiary/aromatic N) is 1. The number of hydrogen-bond donors (Lipinski definition) is 1. The van der Waals surface area contributed by atoms with Crippen LogP contribution in [0.3, 0.4) is 0 Å². The fraction of sp³-hybridized carbons (Fsp3) is 0.462. The van der Waals surface area contributed by atoms with Crippen LogP contribution in [0.4, 0.5) is 0 Å². The van der Waals surface area contributed by atoms with Crippen molar-refractivity contribution >= 4 is 43.5 Å². The maximum Gasteiger partial charge on any atom is 0.253 e. The summed E-state index contributed by atoms with van der Waals surface area (Å²) in [6, 6.07) is 4.97. The number of sulfonamides is 1. The van der Waals surface area contributed by atoms with Crippen molar-refractivity contribution < 1.29 is 13.2 Å². The quantitative estimate of drug-likeness (QED) is 0.853. The van der Waals surface area contributed by atoms with E-state index in [2.05, 4.69) is 20.7 Å². The molecule has 1 aliphatic heterocycles. The van der Waals surface area contributed by atoms with E-state index < -0.39 is 10.0 Å². The molecule has 1 saturated heterocycles. The average Bonchev–Trinajstić information content (AvgIpc) is 2.40. The van der Waals surface area contributed by atoms with Gasteiger partial charge in [0.25, 0.3) is 5.91 Å². The topological polar surface area (TPSA) is 66.5 Å². The lowest BCUT2D eigenvalue weighted by Gasteiger charge is -2.32. The Morgan fingerprint density at radius 3 is 2.52 bits per heavy atom. The number of likely N-dealkylation sites (tertiary alicyclic amines) is 1. The molecule has 21 heavy (non-hydrogen) atoms. The van der Waals surface area contributed by atoms with Crippen LogP contribution in [0.2, 0.25) is 5.02 Å². The molecule has 8 heteroatoms. The molecule has 0 bridgehead atoms. The van der Waals surface area contributed by atoms with E-state index in [4.69, 9.17) is 11.6 Å². The second kappa shape index (κ2) is 6.64. The summed E-state index contributed by atoms with van der Waals surface area (Å²) in [6.07, 6.45) is 2.39. The Hall–Kier alpha value is -0.630. The highest BCUT2D eigenvalue weighted by atomic mass is 79.9. The summed E-state index contributed by atoms with van der Waals surface area (Å²) in [5, 5.41) is 0.558. The zero-order valence-corrected chi connectivity index (χ0v) is 14.6. The number of nitrogens with one attached hydrogen (secondary N) is 1. The van der Waals surface area contributed by atoms with Gasteiger partial charge in [-0.1, -0.05) is 11.6 Å². The van der Waals surface area contributed by atoms with Crippen LogP contribution in [0.15, 0.2) is 22.7 Å². The highest BCUT2D eigenvalue weighted by molar-refractivity contribution is 9.10. The SMILES string of the molecule is CS(=O)(=O)NC1CCN(C(=O)c2ccc(Cl)c(Br)c2)CC1. The Morgan fingerprint density at radius 1 is 1.38 bits per heavy atom. The van der Waals surface area contributed by atoms with Crippen LogP contribution in [-0.4, -0.2) is 44.6 Å². The van der Waals surface area contributed by atoms with Gasteiger partial charge in [0.1, 0.15) is 0 Å². The van der Waals surface area contributed by atoms with Gasteiger partial charge in [0.15, 0.2) is 0 Å². The van der Waals surface area contributed by atoms with E-state index in [9.17, 15) is 13.2 Å². The van der Waals surface area contributed by atoms with Gasteiger partial charge < -0.3 is 4.90 Å². The van der Waals surface area contributed by atoms with Crippen molar-refractivity contribution in [2.24, 2.45) is 0 Å². The molecule has 1 N–H and O–H groups in total. The molecule has 0 spiro atoms. The summed E-state index contributed by atoms with van der Waals surface area (Å²) in [5.41, 5.74) is 0.570. The molecule has 0 unspecified atom stereocenters. The Labute approximate surface area is 137 Å². The summed E-state index contributed by atoms with van der Waals surface area (Å²) < 4.78 is 25.7. The Balaban J connectivity index is 1.98. The molecule has 2 rings (SSSR count). The van der Waals surface area contributed by atoms with Crippen LogP contribution >= 0.6 is 27.5 Å². The molecule has 0 aromatic heterocycles. The molecule has 1 aliphatic rings. The second-order valence-corrected chi connectivity index (χ2v) is 8.13. The maximum atomic E-state index is 12.4. The molecule has 1 aromatic carbocycles. The van der Waals surface area contributed by atoms with E-state index in [1.165, 1.54) is 0 Å². The molecule has 0 atom stereocenters. The highest BCUT2D eigenvalue weighted by Gasteiger charge is 2.25. The first-order chi connectivity index (χ1) is 9.76. The van der Waals surface area contributed by atoms with Gasteiger partial charge in [0.05, 0.1) is 11.3 Å². The molecular formula is C13H16BrClN2O3S. The van der Waals surface area contributed by atoms with Gasteiger partial charge in [-0.15, -0.1) is 0 Å². The molecule has 1 aromatic rings. The van der Waals surface area contributed by atoms with Gasteiger partial charge in [-0.05, 0) is 47.0 Å². The van der Waals surface area contributed by atoms with Gasteiger partial charge in [-0.2, -0.15) is 0 Å². The Bertz CT molecular complexity index is 643. The summed E-state index contributed by atoms with van der Waals surface area (Å²) >= 11 is 9.22. The predicted octanol–water partition coefficient (Wildman–Crippen LogP) is 2.26. The average molecular weight is 396 g/mol. The Morgan fingerprint density at radius 2 is 2.00 bits per heavy atom. The minimum Gasteiger partial charge on any atom is -0.339 e. The van der Waals surface area contributed by atoms with E-state index in [-0.39, 0.29) is 11.9 Å². The molecular weight excluding hydrogens is 380 g/mol. The van der Waals surface area contributed by atoms with Crippen molar-refractivity contribution in [1.82, 2.24) is 9.62 Å². The van der Waals surface area contributed by atoms with Crippen molar-refractivity contribution in [3.05, 3.63) is 33.3 Å². The summed E-state index contributed by atoms with van der Waals surface area (Å²) in [7, 11) is -3.20. The lowest BCUT2D eigenvalue weighted by molar-refractivity contribution is 0.0711. The van der Waals surface area contributed by atoms with Crippen molar-refractivity contribution in [3.8, 4) is 0 Å². The second-order valence-electron chi connectivity index (χ2n) is 5.09. The molecule has 0 saturated carbocycles. The fourth-order valence-corrected chi connectivity index (χ4v) is 3.65. The normalized spacial score (nSPS) is 17.0. The predicted molar refractivity (Wildman–Crippen MR) is 86.1 cm³/mol. The molecule has 1 fully saturated rings. The van der Waals surface area contributed by atoms with Crippen LogP contribution in [0, 0.1) is 0 Å². The van der Waals surface area contributed by atoms with Crippen LogP contribution in [0.5, 0.6) is 0 Å². The molecule has 0 radical (unpaired) electrons. The van der Waals surface area contributed by atoms with Gasteiger partial charge in [-0.3, -0.25) is 4.79 Å². The standard InChI is InChI=1S/C13H16BrClN2O3S/c1-21(19,20)16-10-4-6-17(7-5-10)13(18)9-2-3-12(15)11(14)8-9/h2-3,8,10,16H,4-7H2,1H3. The number of amides is 1. The van der Waals surface area contributed by atoms with Crippen LogP contribution < -0.4 is 4.72 Å². The van der Waals surface area contributed by atoms with E-state index in [1.54, 1.807) is 23.1 Å². The van der Waals surface area contributed by atoms with Crippen molar-refractivity contribution in [2.45, 2.75) is 18.9 Å². The first-order valence-electron chi connectivity index (χ1n) is 6.48. The first kappa shape index (κ1) is 16.7.